The Morgan fingerprint density at radius 2 is 0.657 bits per heavy atom. The minimum atomic E-state index is -0.0654. The van der Waals surface area contributed by atoms with Crippen molar-refractivity contribution in [2.75, 3.05) is 9.80 Å². The lowest BCUT2D eigenvalue weighted by Crippen LogP contribution is -2.11. The standard InChI is InChI=1S/C66H54N2O2/c1-39-15-9-17-45(31-39)67(59-25-13-21-51-49-19-11-23-57(65(3,4)5)61(49)69-63(51)59)47-29-27-41-35-53-55(37-43(41)33-47)54-36-42-28-30-48(34-44(42)38-56(53)54)68(46-18-10-16-40(2)32-46)60-26-14-22-52-50-20-12-24-58(66(6,7)8)62(50)70-64(52)60/h9-38H,1-8H3. The SMILES string of the molecule is Cc1cccc(N(c2ccc3cc4c(cc3c2)-c2cc3ccc(N(c5cccc(C)c5)c5cccc6c5oc5c(C(C)(C)C)cccc56)cc3cc2-4)c2cccc3c2oc2c(C(C)(C)C)cccc23)c1. The maximum atomic E-state index is 6.96. The minimum absolute atomic E-state index is 0.0654. The van der Waals surface area contributed by atoms with E-state index in [2.05, 4.69) is 247 Å². The number of rotatable bonds is 6. The number of anilines is 6. The summed E-state index contributed by atoms with van der Waals surface area (Å²) in [5.74, 6) is 0. The molecule has 340 valence electrons. The van der Waals surface area contributed by atoms with Crippen LogP contribution in [0.25, 0.3) is 87.7 Å². The second kappa shape index (κ2) is 15.2. The van der Waals surface area contributed by atoms with Gasteiger partial charge in [0.25, 0.3) is 0 Å². The van der Waals surface area contributed by atoms with Crippen molar-refractivity contribution in [1.82, 2.24) is 0 Å². The molecule has 0 fully saturated rings. The van der Waals surface area contributed by atoms with Crippen LogP contribution in [0.3, 0.4) is 0 Å². The Kier molecular flexibility index (Phi) is 9.14. The van der Waals surface area contributed by atoms with E-state index in [9.17, 15) is 0 Å². The number of hydrogen-bond donors (Lipinski definition) is 0. The summed E-state index contributed by atoms with van der Waals surface area (Å²) >= 11 is 0. The fourth-order valence-electron chi connectivity index (χ4n) is 11.2. The maximum absolute atomic E-state index is 6.96. The van der Waals surface area contributed by atoms with E-state index in [1.807, 2.05) is 0 Å². The van der Waals surface area contributed by atoms with Crippen molar-refractivity contribution in [3.8, 4) is 22.3 Å². The first-order valence-electron chi connectivity index (χ1n) is 24.6. The van der Waals surface area contributed by atoms with Gasteiger partial charge in [-0.2, -0.15) is 0 Å². The van der Waals surface area contributed by atoms with Crippen LogP contribution >= 0.6 is 0 Å². The van der Waals surface area contributed by atoms with Gasteiger partial charge < -0.3 is 18.6 Å². The molecule has 0 N–H and O–H groups in total. The van der Waals surface area contributed by atoms with Gasteiger partial charge in [-0.05, 0) is 165 Å². The van der Waals surface area contributed by atoms with Crippen molar-refractivity contribution in [2.45, 2.75) is 66.2 Å². The number of aryl methyl sites for hydroxylation is 2. The molecule has 10 aromatic carbocycles. The van der Waals surface area contributed by atoms with Crippen molar-refractivity contribution >= 4 is 99.5 Å². The molecule has 0 radical (unpaired) electrons. The third-order valence-electron chi connectivity index (χ3n) is 14.6. The van der Waals surface area contributed by atoms with Crippen LogP contribution in [0.5, 0.6) is 0 Å². The largest absolute Gasteiger partial charge is 0.454 e. The lowest BCUT2D eigenvalue weighted by atomic mass is 9.78. The van der Waals surface area contributed by atoms with Gasteiger partial charge in [0, 0.05) is 55.4 Å². The first-order valence-corrected chi connectivity index (χ1v) is 24.6. The summed E-state index contributed by atoms with van der Waals surface area (Å²) in [6, 6.07) is 67.1. The Labute approximate surface area is 409 Å². The number of benzene rings is 10. The topological polar surface area (TPSA) is 32.8 Å². The van der Waals surface area contributed by atoms with Crippen molar-refractivity contribution < 1.29 is 8.83 Å². The van der Waals surface area contributed by atoms with Crippen molar-refractivity contribution in [3.05, 3.63) is 204 Å². The number of para-hydroxylation sites is 4. The summed E-state index contributed by atoms with van der Waals surface area (Å²) in [5, 5.41) is 9.35. The molecule has 0 saturated carbocycles. The lowest BCUT2D eigenvalue weighted by Gasteiger charge is -2.29. The molecule has 2 aromatic heterocycles. The molecule has 0 bridgehead atoms. The van der Waals surface area contributed by atoms with Gasteiger partial charge in [-0.1, -0.05) is 139 Å². The van der Waals surface area contributed by atoms with Crippen LogP contribution in [0, 0.1) is 13.8 Å². The van der Waals surface area contributed by atoms with Crippen LogP contribution < -0.4 is 9.80 Å². The summed E-state index contributed by atoms with van der Waals surface area (Å²) in [5.41, 5.74) is 19.9. The average molecular weight is 907 g/mol. The number of nitrogens with zero attached hydrogens (tertiary/aromatic N) is 2. The number of fused-ring (bicyclic) bond motifs is 12. The Balaban J connectivity index is 0.914. The summed E-state index contributed by atoms with van der Waals surface area (Å²) in [6.07, 6.45) is 0. The predicted octanol–water partition coefficient (Wildman–Crippen LogP) is 19.6. The number of hydrogen-bond acceptors (Lipinski definition) is 4. The summed E-state index contributed by atoms with van der Waals surface area (Å²) in [4.78, 5) is 4.73. The van der Waals surface area contributed by atoms with Gasteiger partial charge in [0.05, 0.1) is 11.4 Å². The molecule has 4 nitrogen and oxygen atoms in total. The van der Waals surface area contributed by atoms with E-state index in [4.69, 9.17) is 8.83 Å². The van der Waals surface area contributed by atoms with Crippen LogP contribution in [0.1, 0.15) is 63.8 Å². The summed E-state index contributed by atoms with van der Waals surface area (Å²) in [7, 11) is 0. The van der Waals surface area contributed by atoms with Crippen molar-refractivity contribution in [1.29, 1.82) is 0 Å². The Bertz CT molecular complexity index is 3850. The zero-order valence-electron chi connectivity index (χ0n) is 41.0. The fourth-order valence-corrected chi connectivity index (χ4v) is 11.2. The van der Waals surface area contributed by atoms with Gasteiger partial charge >= 0.3 is 0 Å². The zero-order chi connectivity index (χ0) is 47.8. The second-order valence-corrected chi connectivity index (χ2v) is 21.6. The number of furan rings is 2. The molecule has 1 aliphatic carbocycles. The quantitative estimate of drug-likeness (QED) is 0.166. The molecule has 0 aliphatic heterocycles. The minimum Gasteiger partial charge on any atom is -0.454 e. The molecule has 0 spiro atoms. The highest BCUT2D eigenvalue weighted by Crippen LogP contribution is 2.53. The smallest absolute Gasteiger partial charge is 0.159 e. The third-order valence-corrected chi connectivity index (χ3v) is 14.6. The van der Waals surface area contributed by atoms with Crippen LogP contribution in [0.2, 0.25) is 0 Å². The molecule has 0 amide bonds. The predicted molar refractivity (Wildman–Crippen MR) is 297 cm³/mol. The molecule has 2 heterocycles. The Morgan fingerprint density at radius 3 is 1.04 bits per heavy atom. The first-order chi connectivity index (χ1) is 33.8. The lowest BCUT2D eigenvalue weighted by molar-refractivity contribution is 0.572. The van der Waals surface area contributed by atoms with E-state index < -0.39 is 0 Å². The van der Waals surface area contributed by atoms with Gasteiger partial charge in [0.1, 0.15) is 11.2 Å². The van der Waals surface area contributed by atoms with E-state index in [0.717, 1.165) is 78.0 Å². The normalized spacial score (nSPS) is 12.6. The van der Waals surface area contributed by atoms with Gasteiger partial charge in [-0.15, -0.1) is 0 Å². The molecule has 0 unspecified atom stereocenters. The molecule has 1 aliphatic rings. The zero-order valence-corrected chi connectivity index (χ0v) is 41.0. The van der Waals surface area contributed by atoms with Gasteiger partial charge in [0.2, 0.25) is 0 Å². The van der Waals surface area contributed by atoms with E-state index in [1.54, 1.807) is 0 Å². The van der Waals surface area contributed by atoms with E-state index in [0.29, 0.717) is 0 Å². The second-order valence-electron chi connectivity index (χ2n) is 21.6. The van der Waals surface area contributed by atoms with Gasteiger partial charge in [-0.25, -0.2) is 0 Å². The fraction of sp³-hybridized carbons (Fsp3) is 0.152. The van der Waals surface area contributed by atoms with Gasteiger partial charge in [0.15, 0.2) is 11.2 Å². The average Bonchev–Trinajstić information content (AvgIpc) is 3.92. The molecule has 70 heavy (non-hydrogen) atoms. The highest BCUT2D eigenvalue weighted by molar-refractivity contribution is 6.15. The molecule has 4 heteroatoms. The molecular weight excluding hydrogens is 853 g/mol. The highest BCUT2D eigenvalue weighted by Gasteiger charge is 2.28. The molecular formula is C66H54N2O2. The van der Waals surface area contributed by atoms with Crippen molar-refractivity contribution in [2.24, 2.45) is 0 Å². The maximum Gasteiger partial charge on any atom is 0.159 e. The molecule has 12 aromatic rings. The summed E-state index contributed by atoms with van der Waals surface area (Å²) < 4.78 is 13.9. The highest BCUT2D eigenvalue weighted by atomic mass is 16.3. The van der Waals surface area contributed by atoms with E-state index >= 15 is 0 Å². The van der Waals surface area contributed by atoms with Gasteiger partial charge in [-0.3, -0.25) is 0 Å². The van der Waals surface area contributed by atoms with Crippen LogP contribution in [0.4, 0.5) is 34.1 Å². The first kappa shape index (κ1) is 42.1. The van der Waals surface area contributed by atoms with Crippen LogP contribution in [-0.2, 0) is 10.8 Å². The summed E-state index contributed by atoms with van der Waals surface area (Å²) in [6.45, 7) is 17.8. The van der Waals surface area contributed by atoms with Crippen LogP contribution in [0.15, 0.2) is 191 Å². The molecule has 0 atom stereocenters. The monoisotopic (exact) mass is 906 g/mol. The third kappa shape index (κ3) is 6.57. The van der Waals surface area contributed by atoms with E-state index in [-0.39, 0.29) is 10.8 Å². The molecule has 0 saturated heterocycles. The van der Waals surface area contributed by atoms with Crippen molar-refractivity contribution in [3.63, 3.8) is 0 Å². The Morgan fingerprint density at radius 1 is 0.314 bits per heavy atom. The molecule has 13 rings (SSSR count). The van der Waals surface area contributed by atoms with Crippen LogP contribution in [-0.4, -0.2) is 0 Å². The van der Waals surface area contributed by atoms with E-state index in [1.165, 1.54) is 66.1 Å². The Hall–Kier alpha value is -8.08.